The molecule has 1 saturated heterocycles. The molecule has 1 aromatic carbocycles. The standard InChI is InChI=1S/C18H27NO4/c1-22-17-12-16(21)18(17)5-7-19(8-6-18)13-14-3-2-4-15(11-14)23-10-9-20/h2-4,11,16-17,20-21H,5-10,12-13H2,1H3/t16-,17+/m1/s1. The zero-order valence-electron chi connectivity index (χ0n) is 13.8. The van der Waals surface area contributed by atoms with Gasteiger partial charge in [-0.1, -0.05) is 12.1 Å². The van der Waals surface area contributed by atoms with Crippen LogP contribution in [0.25, 0.3) is 0 Å². The Labute approximate surface area is 137 Å². The molecule has 2 N–H and O–H groups in total. The number of likely N-dealkylation sites (tertiary alicyclic amines) is 1. The van der Waals surface area contributed by atoms with Crippen molar-refractivity contribution in [2.24, 2.45) is 5.41 Å². The van der Waals surface area contributed by atoms with Gasteiger partial charge in [0.05, 0.1) is 18.8 Å². The summed E-state index contributed by atoms with van der Waals surface area (Å²) in [4.78, 5) is 2.42. The molecule has 5 heteroatoms. The molecule has 3 rings (SSSR count). The van der Waals surface area contributed by atoms with Crippen molar-refractivity contribution >= 4 is 0 Å². The van der Waals surface area contributed by atoms with Crippen LogP contribution < -0.4 is 4.74 Å². The predicted molar refractivity (Wildman–Crippen MR) is 87.4 cm³/mol. The van der Waals surface area contributed by atoms with Gasteiger partial charge in [0.2, 0.25) is 0 Å². The minimum absolute atomic E-state index is 0.0165. The minimum Gasteiger partial charge on any atom is -0.491 e. The van der Waals surface area contributed by atoms with Crippen LogP contribution in [0.2, 0.25) is 0 Å². The summed E-state index contributed by atoms with van der Waals surface area (Å²) in [5.74, 6) is 0.805. The van der Waals surface area contributed by atoms with E-state index in [4.69, 9.17) is 14.6 Å². The first-order valence-corrected chi connectivity index (χ1v) is 8.44. The molecule has 2 aliphatic rings. The topological polar surface area (TPSA) is 62.2 Å². The van der Waals surface area contributed by atoms with Crippen LogP contribution in [0, 0.1) is 5.41 Å². The summed E-state index contributed by atoms with van der Waals surface area (Å²) in [7, 11) is 1.75. The normalized spacial score (nSPS) is 26.9. The minimum atomic E-state index is -0.204. The van der Waals surface area contributed by atoms with Crippen LogP contribution in [0.4, 0.5) is 0 Å². The number of rotatable bonds is 6. The highest BCUT2D eigenvalue weighted by molar-refractivity contribution is 5.28. The molecule has 5 nitrogen and oxygen atoms in total. The van der Waals surface area contributed by atoms with E-state index in [0.29, 0.717) is 6.61 Å². The third kappa shape index (κ3) is 3.38. The van der Waals surface area contributed by atoms with E-state index in [2.05, 4.69) is 11.0 Å². The Bertz CT molecular complexity index is 513. The summed E-state index contributed by atoms with van der Waals surface area (Å²) < 4.78 is 11.0. The third-order valence-corrected chi connectivity index (χ3v) is 5.48. The molecule has 0 amide bonds. The molecule has 1 aromatic rings. The number of piperidine rings is 1. The first-order chi connectivity index (χ1) is 11.2. The number of nitrogens with zero attached hydrogens (tertiary/aromatic N) is 1. The average Bonchev–Trinajstić information content (AvgIpc) is 2.58. The van der Waals surface area contributed by atoms with Gasteiger partial charge in [-0.15, -0.1) is 0 Å². The molecule has 2 fully saturated rings. The van der Waals surface area contributed by atoms with Gasteiger partial charge in [-0.3, -0.25) is 4.90 Å². The molecule has 1 aliphatic heterocycles. The number of aliphatic hydroxyl groups excluding tert-OH is 2. The molecule has 2 atom stereocenters. The van der Waals surface area contributed by atoms with E-state index in [9.17, 15) is 5.11 Å². The van der Waals surface area contributed by atoms with Crippen molar-refractivity contribution in [2.45, 2.75) is 38.0 Å². The molecule has 0 radical (unpaired) electrons. The first kappa shape index (κ1) is 16.7. The van der Waals surface area contributed by atoms with Crippen molar-refractivity contribution in [3.63, 3.8) is 0 Å². The van der Waals surface area contributed by atoms with Gasteiger partial charge in [-0.05, 0) is 43.6 Å². The van der Waals surface area contributed by atoms with Gasteiger partial charge in [0, 0.05) is 25.5 Å². The van der Waals surface area contributed by atoms with Crippen LogP contribution in [0.1, 0.15) is 24.8 Å². The van der Waals surface area contributed by atoms with E-state index in [1.807, 2.05) is 18.2 Å². The van der Waals surface area contributed by atoms with Crippen molar-refractivity contribution in [1.82, 2.24) is 4.90 Å². The summed E-state index contributed by atoms with van der Waals surface area (Å²) in [5, 5.41) is 19.0. The lowest BCUT2D eigenvalue weighted by Crippen LogP contribution is -2.61. The van der Waals surface area contributed by atoms with Gasteiger partial charge in [0.1, 0.15) is 12.4 Å². The predicted octanol–water partition coefficient (Wildman–Crippen LogP) is 1.42. The summed E-state index contributed by atoms with van der Waals surface area (Å²) >= 11 is 0. The van der Waals surface area contributed by atoms with Crippen molar-refractivity contribution in [1.29, 1.82) is 0 Å². The molecule has 0 unspecified atom stereocenters. The molecule has 23 heavy (non-hydrogen) atoms. The van der Waals surface area contributed by atoms with Crippen LogP contribution in [0.5, 0.6) is 5.75 Å². The lowest BCUT2D eigenvalue weighted by molar-refractivity contribution is -0.201. The first-order valence-electron chi connectivity index (χ1n) is 8.44. The summed E-state index contributed by atoms with van der Waals surface area (Å²) in [5.41, 5.74) is 1.20. The molecule has 0 aromatic heterocycles. The van der Waals surface area contributed by atoms with E-state index < -0.39 is 0 Å². The van der Waals surface area contributed by atoms with Crippen molar-refractivity contribution in [3.05, 3.63) is 29.8 Å². The smallest absolute Gasteiger partial charge is 0.119 e. The van der Waals surface area contributed by atoms with E-state index in [1.165, 1.54) is 5.56 Å². The van der Waals surface area contributed by atoms with Crippen LogP contribution in [-0.4, -0.2) is 60.7 Å². The van der Waals surface area contributed by atoms with Crippen molar-refractivity contribution < 1.29 is 19.7 Å². The Morgan fingerprint density at radius 1 is 1.30 bits per heavy atom. The van der Waals surface area contributed by atoms with Crippen molar-refractivity contribution in [3.8, 4) is 5.75 Å². The van der Waals surface area contributed by atoms with Gasteiger partial charge >= 0.3 is 0 Å². The van der Waals surface area contributed by atoms with Gasteiger partial charge in [0.15, 0.2) is 0 Å². The highest BCUT2D eigenvalue weighted by Crippen LogP contribution is 2.50. The second-order valence-corrected chi connectivity index (χ2v) is 6.70. The molecular weight excluding hydrogens is 294 g/mol. The summed E-state index contributed by atoms with van der Waals surface area (Å²) in [6.07, 6.45) is 2.78. The molecule has 1 saturated carbocycles. The van der Waals surface area contributed by atoms with E-state index in [0.717, 1.165) is 44.6 Å². The number of hydrogen-bond donors (Lipinski definition) is 2. The number of benzene rings is 1. The van der Waals surface area contributed by atoms with E-state index in [1.54, 1.807) is 7.11 Å². The molecule has 1 spiro atoms. The molecule has 1 heterocycles. The number of ether oxygens (including phenoxy) is 2. The maximum absolute atomic E-state index is 10.2. The summed E-state index contributed by atoms with van der Waals surface area (Å²) in [6, 6.07) is 8.05. The molecular formula is C18H27NO4. The Morgan fingerprint density at radius 3 is 2.74 bits per heavy atom. The van der Waals surface area contributed by atoms with Crippen LogP contribution >= 0.6 is 0 Å². The summed E-state index contributed by atoms with van der Waals surface area (Å²) in [6.45, 7) is 3.21. The van der Waals surface area contributed by atoms with E-state index in [-0.39, 0.29) is 24.2 Å². The maximum atomic E-state index is 10.2. The van der Waals surface area contributed by atoms with Crippen LogP contribution in [0.3, 0.4) is 0 Å². The number of aliphatic hydroxyl groups is 2. The monoisotopic (exact) mass is 321 g/mol. The Kier molecular flexibility index (Phi) is 5.21. The van der Waals surface area contributed by atoms with Gasteiger partial charge in [0.25, 0.3) is 0 Å². The lowest BCUT2D eigenvalue weighted by atomic mass is 9.58. The van der Waals surface area contributed by atoms with Gasteiger partial charge in [-0.25, -0.2) is 0 Å². The zero-order valence-corrected chi connectivity index (χ0v) is 13.8. The Hall–Kier alpha value is -1.14. The quantitative estimate of drug-likeness (QED) is 0.830. The fraction of sp³-hybridized carbons (Fsp3) is 0.667. The van der Waals surface area contributed by atoms with E-state index >= 15 is 0 Å². The van der Waals surface area contributed by atoms with Crippen LogP contribution in [-0.2, 0) is 11.3 Å². The van der Waals surface area contributed by atoms with Crippen LogP contribution in [0.15, 0.2) is 24.3 Å². The molecule has 128 valence electrons. The zero-order chi connectivity index (χ0) is 16.3. The largest absolute Gasteiger partial charge is 0.491 e. The van der Waals surface area contributed by atoms with Crippen molar-refractivity contribution in [2.75, 3.05) is 33.4 Å². The third-order valence-electron chi connectivity index (χ3n) is 5.48. The number of methoxy groups -OCH3 is 1. The molecule has 0 bridgehead atoms. The second-order valence-electron chi connectivity index (χ2n) is 6.70. The van der Waals surface area contributed by atoms with Gasteiger partial charge < -0.3 is 19.7 Å². The SMILES string of the molecule is CO[C@H]1C[C@@H](O)C12CCN(Cc1cccc(OCCO)c1)CC2. The highest BCUT2D eigenvalue weighted by Gasteiger charge is 2.55. The second kappa shape index (κ2) is 7.18. The highest BCUT2D eigenvalue weighted by atomic mass is 16.5. The fourth-order valence-corrected chi connectivity index (χ4v) is 4.00. The Balaban J connectivity index is 1.55. The van der Waals surface area contributed by atoms with Gasteiger partial charge in [-0.2, -0.15) is 0 Å². The fourth-order valence-electron chi connectivity index (χ4n) is 4.00. The number of hydrogen-bond acceptors (Lipinski definition) is 5. The maximum Gasteiger partial charge on any atom is 0.119 e. The Morgan fingerprint density at radius 2 is 2.09 bits per heavy atom. The average molecular weight is 321 g/mol. The lowest BCUT2D eigenvalue weighted by Gasteiger charge is -2.56. The molecule has 1 aliphatic carbocycles.